The molecule has 3 rings (SSSR count). The van der Waals surface area contributed by atoms with Crippen LogP contribution < -0.4 is 4.90 Å². The second-order valence-corrected chi connectivity index (χ2v) is 7.37. The van der Waals surface area contributed by atoms with Crippen LogP contribution in [0.25, 0.3) is 0 Å². The van der Waals surface area contributed by atoms with E-state index in [4.69, 9.17) is 0 Å². The smallest absolute Gasteiger partial charge is 0.268 e. The molecule has 2 heterocycles. The predicted molar refractivity (Wildman–Crippen MR) is 96.1 cm³/mol. The van der Waals surface area contributed by atoms with Crippen LogP contribution in [-0.2, 0) is 4.79 Å². The summed E-state index contributed by atoms with van der Waals surface area (Å²) < 4.78 is 0.548. The molecule has 7 nitrogen and oxygen atoms in total. The van der Waals surface area contributed by atoms with E-state index in [1.165, 1.54) is 11.8 Å². The lowest BCUT2D eigenvalue weighted by molar-refractivity contribution is -0.127. The molecule has 1 aliphatic heterocycles. The van der Waals surface area contributed by atoms with Crippen molar-refractivity contribution in [3.8, 4) is 0 Å². The maximum absolute atomic E-state index is 12.4. The molecule has 0 saturated carbocycles. The predicted octanol–water partition coefficient (Wildman–Crippen LogP) is 2.30. The van der Waals surface area contributed by atoms with E-state index in [-0.39, 0.29) is 16.8 Å². The highest BCUT2D eigenvalue weighted by Crippen LogP contribution is 2.33. The van der Waals surface area contributed by atoms with Gasteiger partial charge in [0, 0.05) is 13.1 Å². The normalized spacial score (nSPS) is 13.3. The summed E-state index contributed by atoms with van der Waals surface area (Å²) in [5, 5.41) is 8.17. The van der Waals surface area contributed by atoms with Gasteiger partial charge in [-0.15, -0.1) is 10.2 Å². The number of rotatable bonds is 6. The molecule has 1 aromatic heterocycles. The molecule has 0 bridgehead atoms. The van der Waals surface area contributed by atoms with Crippen LogP contribution in [0.4, 0.5) is 5.13 Å². The Balaban J connectivity index is 1.72. The summed E-state index contributed by atoms with van der Waals surface area (Å²) in [7, 11) is 0. The Morgan fingerprint density at radius 2 is 1.72 bits per heavy atom. The number of nitrogens with zero attached hydrogens (tertiary/aromatic N) is 4. The molecular weight excluding hydrogens is 360 g/mol. The van der Waals surface area contributed by atoms with Crippen molar-refractivity contribution in [2.24, 2.45) is 0 Å². The first-order valence-corrected chi connectivity index (χ1v) is 9.58. The van der Waals surface area contributed by atoms with Gasteiger partial charge in [0.05, 0.1) is 16.9 Å². The van der Waals surface area contributed by atoms with Gasteiger partial charge in [0.2, 0.25) is 11.0 Å². The van der Waals surface area contributed by atoms with E-state index < -0.39 is 11.8 Å². The van der Waals surface area contributed by atoms with Gasteiger partial charge < -0.3 is 4.90 Å². The standard InChI is InChI=1S/C16H16N4O3S2/c1-3-19(4-2)12(21)9-24-16-18-17-15(25-16)20-13(22)10-7-5-6-8-11(10)14(20)23/h5-8H,3-4,9H2,1-2H3. The van der Waals surface area contributed by atoms with Crippen LogP contribution in [-0.4, -0.2) is 51.7 Å². The third-order valence-corrected chi connectivity index (χ3v) is 5.84. The summed E-state index contributed by atoms with van der Waals surface area (Å²) in [6.45, 7) is 5.17. The summed E-state index contributed by atoms with van der Waals surface area (Å²) >= 11 is 2.39. The summed E-state index contributed by atoms with van der Waals surface area (Å²) in [4.78, 5) is 39.7. The van der Waals surface area contributed by atoms with Crippen LogP contribution in [0.15, 0.2) is 28.6 Å². The molecule has 3 amide bonds. The first-order valence-electron chi connectivity index (χ1n) is 7.78. The summed E-state index contributed by atoms with van der Waals surface area (Å²) in [5.74, 6) is -0.522. The SMILES string of the molecule is CCN(CC)C(=O)CSc1nnc(N2C(=O)c3ccccc3C2=O)s1. The van der Waals surface area contributed by atoms with E-state index in [0.29, 0.717) is 28.6 Å². The van der Waals surface area contributed by atoms with Gasteiger partial charge >= 0.3 is 0 Å². The Bertz CT molecular complexity index is 797. The van der Waals surface area contributed by atoms with E-state index >= 15 is 0 Å². The number of carbonyl (C=O) groups is 3. The Morgan fingerprint density at radius 3 is 2.28 bits per heavy atom. The molecule has 2 aromatic rings. The van der Waals surface area contributed by atoms with E-state index in [2.05, 4.69) is 10.2 Å². The van der Waals surface area contributed by atoms with Crippen molar-refractivity contribution in [2.75, 3.05) is 23.7 Å². The van der Waals surface area contributed by atoms with Gasteiger partial charge in [-0.25, -0.2) is 4.90 Å². The highest BCUT2D eigenvalue weighted by atomic mass is 32.2. The van der Waals surface area contributed by atoms with Gasteiger partial charge in [-0.1, -0.05) is 35.2 Å². The summed E-state index contributed by atoms with van der Waals surface area (Å²) in [6.07, 6.45) is 0. The van der Waals surface area contributed by atoms with Crippen molar-refractivity contribution in [2.45, 2.75) is 18.2 Å². The second kappa shape index (κ2) is 7.32. The minimum atomic E-state index is -0.396. The average molecular weight is 376 g/mol. The molecule has 0 atom stereocenters. The lowest BCUT2D eigenvalue weighted by Gasteiger charge is -2.17. The highest BCUT2D eigenvalue weighted by molar-refractivity contribution is 8.01. The van der Waals surface area contributed by atoms with E-state index in [0.717, 1.165) is 16.2 Å². The van der Waals surface area contributed by atoms with Crippen LogP contribution in [0, 0.1) is 0 Å². The summed E-state index contributed by atoms with van der Waals surface area (Å²) in [5.41, 5.74) is 0.738. The minimum Gasteiger partial charge on any atom is -0.343 e. The van der Waals surface area contributed by atoms with E-state index in [9.17, 15) is 14.4 Å². The molecule has 0 N–H and O–H groups in total. The second-order valence-electron chi connectivity index (χ2n) is 5.20. The zero-order valence-corrected chi connectivity index (χ0v) is 15.4. The number of benzene rings is 1. The molecule has 25 heavy (non-hydrogen) atoms. The molecule has 1 aromatic carbocycles. The third kappa shape index (κ3) is 3.29. The monoisotopic (exact) mass is 376 g/mol. The lowest BCUT2D eigenvalue weighted by atomic mass is 10.1. The molecular formula is C16H16N4O3S2. The van der Waals surface area contributed by atoms with Crippen molar-refractivity contribution in [3.05, 3.63) is 35.4 Å². The number of hydrogen-bond donors (Lipinski definition) is 0. The Morgan fingerprint density at radius 1 is 1.12 bits per heavy atom. The molecule has 0 saturated heterocycles. The Hall–Kier alpha value is -2.26. The maximum atomic E-state index is 12.4. The number of imide groups is 1. The molecule has 1 aliphatic rings. The number of amides is 3. The number of anilines is 1. The van der Waals surface area contributed by atoms with Crippen molar-refractivity contribution in [3.63, 3.8) is 0 Å². The van der Waals surface area contributed by atoms with Gasteiger partial charge in [0.25, 0.3) is 11.8 Å². The largest absolute Gasteiger partial charge is 0.343 e. The molecule has 0 spiro atoms. The molecule has 130 valence electrons. The van der Waals surface area contributed by atoms with Gasteiger partial charge in [0.15, 0.2) is 4.34 Å². The van der Waals surface area contributed by atoms with Gasteiger partial charge in [-0.05, 0) is 26.0 Å². The van der Waals surface area contributed by atoms with Crippen molar-refractivity contribution in [1.82, 2.24) is 15.1 Å². The quantitative estimate of drug-likeness (QED) is 0.437. The van der Waals surface area contributed by atoms with E-state index in [1.807, 2.05) is 13.8 Å². The van der Waals surface area contributed by atoms with Crippen molar-refractivity contribution >= 4 is 46.0 Å². The first-order chi connectivity index (χ1) is 12.1. The Kier molecular flexibility index (Phi) is 5.14. The average Bonchev–Trinajstić information content (AvgIpc) is 3.18. The van der Waals surface area contributed by atoms with Gasteiger partial charge in [-0.2, -0.15) is 0 Å². The molecule has 0 aliphatic carbocycles. The van der Waals surface area contributed by atoms with Crippen LogP contribution in [0.2, 0.25) is 0 Å². The highest BCUT2D eigenvalue weighted by Gasteiger charge is 2.38. The Labute approximate surface area is 153 Å². The first kappa shape index (κ1) is 17.6. The van der Waals surface area contributed by atoms with Gasteiger partial charge in [0.1, 0.15) is 0 Å². The van der Waals surface area contributed by atoms with E-state index in [1.54, 1.807) is 29.2 Å². The molecule has 0 radical (unpaired) electrons. The fourth-order valence-electron chi connectivity index (χ4n) is 2.51. The third-order valence-electron chi connectivity index (χ3n) is 3.82. The van der Waals surface area contributed by atoms with Crippen molar-refractivity contribution in [1.29, 1.82) is 0 Å². The fourth-order valence-corrected chi connectivity index (χ4v) is 4.25. The number of thioether (sulfide) groups is 1. The van der Waals surface area contributed by atoms with Crippen LogP contribution >= 0.6 is 23.1 Å². The molecule has 9 heteroatoms. The van der Waals surface area contributed by atoms with Crippen LogP contribution in [0.3, 0.4) is 0 Å². The van der Waals surface area contributed by atoms with Crippen LogP contribution in [0.1, 0.15) is 34.6 Å². The number of hydrogen-bond acceptors (Lipinski definition) is 7. The fraction of sp³-hybridized carbons (Fsp3) is 0.312. The summed E-state index contributed by atoms with van der Waals surface area (Å²) in [6, 6.07) is 6.67. The number of aromatic nitrogens is 2. The molecule has 0 fully saturated rings. The van der Waals surface area contributed by atoms with Gasteiger partial charge in [-0.3, -0.25) is 14.4 Å². The minimum absolute atomic E-state index is 0.0208. The van der Waals surface area contributed by atoms with Crippen molar-refractivity contribution < 1.29 is 14.4 Å². The maximum Gasteiger partial charge on any atom is 0.268 e. The molecule has 0 unspecified atom stereocenters. The number of carbonyl (C=O) groups excluding carboxylic acids is 3. The number of fused-ring (bicyclic) bond motifs is 1. The topological polar surface area (TPSA) is 83.5 Å². The van der Waals surface area contributed by atoms with Crippen LogP contribution in [0.5, 0.6) is 0 Å². The lowest BCUT2D eigenvalue weighted by Crippen LogP contribution is -2.31. The zero-order chi connectivity index (χ0) is 18.0. The zero-order valence-electron chi connectivity index (χ0n) is 13.8.